The average molecular weight is 420 g/mol. The Kier molecular flexibility index (Phi) is 8.41. The summed E-state index contributed by atoms with van der Waals surface area (Å²) in [6.07, 6.45) is 0. The molecule has 144 valence electrons. The normalized spacial score (nSPS) is 17.8. The van der Waals surface area contributed by atoms with Gasteiger partial charge in [0.15, 0.2) is 0 Å². The van der Waals surface area contributed by atoms with Crippen LogP contribution in [0.3, 0.4) is 0 Å². The summed E-state index contributed by atoms with van der Waals surface area (Å²) in [5.41, 5.74) is 2.99. The van der Waals surface area contributed by atoms with Crippen molar-refractivity contribution in [3.8, 4) is 0 Å². The number of rotatable bonds is 3. The highest BCUT2D eigenvalue weighted by molar-refractivity contribution is 6.30. The number of aryl methyl sites for hydroxylation is 2. The lowest BCUT2D eigenvalue weighted by atomic mass is 10.0. The summed E-state index contributed by atoms with van der Waals surface area (Å²) >= 11 is 6.14. The zero-order valence-corrected chi connectivity index (χ0v) is 17.5. The van der Waals surface area contributed by atoms with Crippen LogP contribution in [0.15, 0.2) is 30.3 Å². The Hall–Kier alpha value is -1.27. The number of aromatic nitrogens is 2. The summed E-state index contributed by atoms with van der Waals surface area (Å²) in [5, 5.41) is 8.53. The molecule has 26 heavy (non-hydrogen) atoms. The highest BCUT2D eigenvalue weighted by atomic mass is 35.5. The van der Waals surface area contributed by atoms with Crippen molar-refractivity contribution in [3.05, 3.63) is 52.3 Å². The molecule has 8 heteroatoms. The van der Waals surface area contributed by atoms with E-state index in [-0.39, 0.29) is 42.8 Å². The number of nitrogens with one attached hydrogen (secondary N) is 1. The third kappa shape index (κ3) is 4.71. The Labute approximate surface area is 171 Å². The topological polar surface area (TPSA) is 50.2 Å². The lowest BCUT2D eigenvalue weighted by Gasteiger charge is -2.38. The minimum absolute atomic E-state index is 0. The minimum Gasteiger partial charge on any atom is -0.331 e. The number of carbonyl (C=O) groups excluding carboxylic acids is 1. The van der Waals surface area contributed by atoms with Gasteiger partial charge in [-0.3, -0.25) is 9.48 Å². The number of carbonyl (C=O) groups is 1. The summed E-state index contributed by atoms with van der Waals surface area (Å²) in [5.74, 6) is 0.0904. The molecular weight excluding hydrogens is 395 g/mol. The lowest BCUT2D eigenvalue weighted by molar-refractivity contribution is -0.138. The molecule has 5 nitrogen and oxygen atoms in total. The van der Waals surface area contributed by atoms with Crippen molar-refractivity contribution < 1.29 is 4.79 Å². The molecule has 1 aliphatic rings. The van der Waals surface area contributed by atoms with Gasteiger partial charge in [0.25, 0.3) is 0 Å². The Morgan fingerprint density at radius 3 is 2.65 bits per heavy atom. The van der Waals surface area contributed by atoms with E-state index in [1.807, 2.05) is 60.7 Å². The first-order chi connectivity index (χ1) is 11.5. The van der Waals surface area contributed by atoms with Gasteiger partial charge in [-0.05, 0) is 44.5 Å². The summed E-state index contributed by atoms with van der Waals surface area (Å²) in [6.45, 7) is 8.05. The van der Waals surface area contributed by atoms with Crippen molar-refractivity contribution >= 4 is 42.3 Å². The highest BCUT2D eigenvalue weighted by Crippen LogP contribution is 2.27. The Bertz CT molecular complexity index is 750. The fourth-order valence-corrected chi connectivity index (χ4v) is 3.56. The molecule has 0 spiro atoms. The van der Waals surface area contributed by atoms with Crippen LogP contribution in [0.25, 0.3) is 0 Å². The van der Waals surface area contributed by atoms with Crippen LogP contribution in [-0.4, -0.2) is 40.2 Å². The van der Waals surface area contributed by atoms with Gasteiger partial charge >= 0.3 is 0 Å². The molecule has 0 aliphatic carbocycles. The molecule has 1 N–H and O–H groups in total. The van der Waals surface area contributed by atoms with E-state index in [0.29, 0.717) is 11.6 Å². The van der Waals surface area contributed by atoms with Gasteiger partial charge in [0.1, 0.15) is 6.04 Å². The molecule has 1 saturated heterocycles. The van der Waals surface area contributed by atoms with Gasteiger partial charge in [0.2, 0.25) is 5.91 Å². The first-order valence-electron chi connectivity index (χ1n) is 8.27. The quantitative estimate of drug-likeness (QED) is 0.824. The van der Waals surface area contributed by atoms with Crippen LogP contribution in [0.4, 0.5) is 0 Å². The molecule has 0 bridgehead atoms. The smallest absolute Gasteiger partial charge is 0.247 e. The molecular formula is C18H25Cl3N4O. The van der Waals surface area contributed by atoms with E-state index >= 15 is 0 Å². The van der Waals surface area contributed by atoms with Crippen LogP contribution in [0.5, 0.6) is 0 Å². The van der Waals surface area contributed by atoms with Gasteiger partial charge in [-0.15, -0.1) is 24.8 Å². The minimum atomic E-state index is -0.321. The third-order valence-electron chi connectivity index (χ3n) is 4.53. The molecule has 1 amide bonds. The Balaban J connectivity index is 0.00000169. The van der Waals surface area contributed by atoms with Crippen molar-refractivity contribution in [2.24, 2.45) is 0 Å². The maximum absolute atomic E-state index is 13.1. The highest BCUT2D eigenvalue weighted by Gasteiger charge is 2.32. The lowest BCUT2D eigenvalue weighted by Crippen LogP contribution is -2.50. The first-order valence-corrected chi connectivity index (χ1v) is 8.64. The van der Waals surface area contributed by atoms with Crippen molar-refractivity contribution in [2.75, 3.05) is 19.6 Å². The van der Waals surface area contributed by atoms with Gasteiger partial charge in [0, 0.05) is 30.4 Å². The van der Waals surface area contributed by atoms with Gasteiger partial charge in [-0.25, -0.2) is 0 Å². The van der Waals surface area contributed by atoms with E-state index in [0.717, 1.165) is 30.0 Å². The predicted octanol–water partition coefficient (Wildman–Crippen LogP) is 3.73. The number of piperazine rings is 1. The molecule has 1 aromatic carbocycles. The van der Waals surface area contributed by atoms with Crippen LogP contribution < -0.4 is 5.32 Å². The van der Waals surface area contributed by atoms with Crippen LogP contribution in [0, 0.1) is 13.8 Å². The molecule has 2 atom stereocenters. The summed E-state index contributed by atoms with van der Waals surface area (Å²) in [7, 11) is 0. The molecule has 1 fully saturated rings. The zero-order chi connectivity index (χ0) is 17.3. The SMILES string of the molecule is Cc1cc(C)n(C(C)C(=O)N2CCNCC2c2cccc(Cl)c2)n1.Cl.Cl. The summed E-state index contributed by atoms with van der Waals surface area (Å²) in [6, 6.07) is 9.41. The van der Waals surface area contributed by atoms with Gasteiger partial charge < -0.3 is 10.2 Å². The van der Waals surface area contributed by atoms with E-state index in [4.69, 9.17) is 11.6 Å². The van der Waals surface area contributed by atoms with Crippen LogP contribution in [-0.2, 0) is 4.79 Å². The first kappa shape index (κ1) is 22.8. The van der Waals surface area contributed by atoms with Crippen molar-refractivity contribution in [1.82, 2.24) is 20.0 Å². The second-order valence-electron chi connectivity index (χ2n) is 6.35. The largest absolute Gasteiger partial charge is 0.331 e. The second-order valence-corrected chi connectivity index (χ2v) is 6.79. The van der Waals surface area contributed by atoms with E-state index in [2.05, 4.69) is 10.4 Å². The molecule has 3 rings (SSSR count). The fourth-order valence-electron chi connectivity index (χ4n) is 3.36. The Morgan fingerprint density at radius 1 is 1.31 bits per heavy atom. The average Bonchev–Trinajstić information content (AvgIpc) is 2.92. The molecule has 0 radical (unpaired) electrons. The summed E-state index contributed by atoms with van der Waals surface area (Å²) < 4.78 is 1.81. The predicted molar refractivity (Wildman–Crippen MR) is 110 cm³/mol. The van der Waals surface area contributed by atoms with Crippen LogP contribution in [0.2, 0.25) is 5.02 Å². The number of amides is 1. The van der Waals surface area contributed by atoms with Crippen molar-refractivity contribution in [2.45, 2.75) is 32.9 Å². The Morgan fingerprint density at radius 2 is 2.04 bits per heavy atom. The van der Waals surface area contributed by atoms with Crippen molar-refractivity contribution in [3.63, 3.8) is 0 Å². The number of benzene rings is 1. The van der Waals surface area contributed by atoms with E-state index < -0.39 is 0 Å². The standard InChI is InChI=1S/C18H23ClN4O.2ClH/c1-12-9-13(2)23(21-12)14(3)18(24)22-8-7-20-11-17(22)15-5-4-6-16(19)10-15;;/h4-6,9-10,14,17,20H,7-8,11H2,1-3H3;2*1H. The number of halogens is 3. The summed E-state index contributed by atoms with van der Waals surface area (Å²) in [4.78, 5) is 15.1. The third-order valence-corrected chi connectivity index (χ3v) is 4.76. The molecule has 1 aromatic heterocycles. The number of hydrogen-bond acceptors (Lipinski definition) is 3. The molecule has 2 heterocycles. The van der Waals surface area contributed by atoms with Gasteiger partial charge in [0.05, 0.1) is 11.7 Å². The van der Waals surface area contributed by atoms with Gasteiger partial charge in [-0.2, -0.15) is 5.10 Å². The van der Waals surface area contributed by atoms with Crippen molar-refractivity contribution in [1.29, 1.82) is 0 Å². The fraction of sp³-hybridized carbons (Fsp3) is 0.444. The molecule has 0 saturated carbocycles. The van der Waals surface area contributed by atoms with Crippen LogP contribution in [0.1, 0.15) is 36.0 Å². The monoisotopic (exact) mass is 418 g/mol. The zero-order valence-electron chi connectivity index (χ0n) is 15.1. The maximum atomic E-state index is 13.1. The number of hydrogen-bond donors (Lipinski definition) is 1. The second kappa shape index (κ2) is 9.60. The van der Waals surface area contributed by atoms with E-state index in [1.165, 1.54) is 0 Å². The maximum Gasteiger partial charge on any atom is 0.247 e. The van der Waals surface area contributed by atoms with E-state index in [9.17, 15) is 4.79 Å². The molecule has 2 unspecified atom stereocenters. The van der Waals surface area contributed by atoms with E-state index in [1.54, 1.807) is 0 Å². The molecule has 1 aliphatic heterocycles. The van der Waals surface area contributed by atoms with Gasteiger partial charge in [-0.1, -0.05) is 23.7 Å². The molecule has 2 aromatic rings. The van der Waals surface area contributed by atoms with Crippen LogP contribution >= 0.6 is 36.4 Å². The number of nitrogens with zero attached hydrogens (tertiary/aromatic N) is 3.